The van der Waals surface area contributed by atoms with Gasteiger partial charge in [0.2, 0.25) is 0 Å². The van der Waals surface area contributed by atoms with Crippen LogP contribution in [0, 0.1) is 6.92 Å². The van der Waals surface area contributed by atoms with Gasteiger partial charge in [0.25, 0.3) is 0 Å². The number of rotatable bonds is 3. The molecule has 0 heterocycles. The molecule has 0 radical (unpaired) electrons. The van der Waals surface area contributed by atoms with Gasteiger partial charge in [-0.25, -0.2) is 0 Å². The molecular formula is C10H13F3O3SSe. The normalized spacial score (nSPS) is 14.6. The Morgan fingerprint density at radius 2 is 1.56 bits per heavy atom. The maximum atomic E-state index is 12.3. The van der Waals surface area contributed by atoms with Gasteiger partial charge in [-0.1, -0.05) is 0 Å². The third kappa shape index (κ3) is 3.47. The molecule has 0 aliphatic rings. The fourth-order valence-electron chi connectivity index (χ4n) is 1.17. The van der Waals surface area contributed by atoms with Crippen molar-refractivity contribution in [2.24, 2.45) is 0 Å². The summed E-state index contributed by atoms with van der Waals surface area (Å²) >= 11 is -3.35. The average Bonchev–Trinajstić information content (AvgIpc) is 2.14. The zero-order valence-corrected chi connectivity index (χ0v) is 12.5. The number of benzene rings is 1. The van der Waals surface area contributed by atoms with Crippen LogP contribution in [-0.2, 0) is 13.4 Å². The maximum absolute atomic E-state index is 12.3. The standard InChI is InChI=1S/C10H13F3O3SSe/c1-8-4-6-9(7-5-8)18(2,3)16-17(14,15)10(11,12)13/h4-7H,1-3H3. The third-order valence-electron chi connectivity index (χ3n) is 2.13. The second-order valence-electron chi connectivity index (χ2n) is 4.01. The zero-order valence-electron chi connectivity index (χ0n) is 9.98. The molecule has 0 aliphatic heterocycles. The Morgan fingerprint density at radius 1 is 1.11 bits per heavy atom. The summed E-state index contributed by atoms with van der Waals surface area (Å²) < 4.78 is 63.7. The van der Waals surface area contributed by atoms with Crippen molar-refractivity contribution < 1.29 is 24.9 Å². The van der Waals surface area contributed by atoms with Gasteiger partial charge in [-0.2, -0.15) is 0 Å². The summed E-state index contributed by atoms with van der Waals surface area (Å²) in [5.74, 6) is 2.84. The second-order valence-corrected chi connectivity index (χ2v) is 12.5. The van der Waals surface area contributed by atoms with E-state index >= 15 is 0 Å². The predicted molar refractivity (Wildman–Crippen MR) is 64.4 cm³/mol. The molecule has 0 aliphatic carbocycles. The summed E-state index contributed by atoms with van der Waals surface area (Å²) in [6.07, 6.45) is 0. The summed E-state index contributed by atoms with van der Waals surface area (Å²) in [5, 5.41) is 0. The first kappa shape index (κ1) is 15.5. The van der Waals surface area contributed by atoms with Crippen molar-refractivity contribution in [2.75, 3.05) is 0 Å². The number of alkyl halides is 3. The molecule has 8 heteroatoms. The molecule has 18 heavy (non-hydrogen) atoms. The molecule has 104 valence electrons. The van der Waals surface area contributed by atoms with Crippen LogP contribution in [0.25, 0.3) is 0 Å². The molecule has 0 N–H and O–H groups in total. The summed E-state index contributed by atoms with van der Waals surface area (Å²) in [6.45, 7) is 1.83. The van der Waals surface area contributed by atoms with Crippen LogP contribution in [0.1, 0.15) is 5.56 Å². The van der Waals surface area contributed by atoms with Crippen LogP contribution in [0.3, 0.4) is 0 Å². The molecule has 0 bridgehead atoms. The van der Waals surface area contributed by atoms with Crippen molar-refractivity contribution in [1.82, 2.24) is 0 Å². The number of hydrogen-bond donors (Lipinski definition) is 0. The quantitative estimate of drug-likeness (QED) is 0.621. The molecule has 0 aromatic heterocycles. The van der Waals surface area contributed by atoms with Crippen molar-refractivity contribution in [2.45, 2.75) is 24.1 Å². The molecule has 1 rings (SSSR count). The van der Waals surface area contributed by atoms with E-state index in [1.807, 2.05) is 6.92 Å². The van der Waals surface area contributed by atoms with Crippen LogP contribution in [0.4, 0.5) is 13.2 Å². The van der Waals surface area contributed by atoms with Gasteiger partial charge in [0, 0.05) is 0 Å². The van der Waals surface area contributed by atoms with Crippen LogP contribution in [0.5, 0.6) is 0 Å². The Bertz CT molecular complexity index is 520. The second kappa shape index (κ2) is 4.85. The Morgan fingerprint density at radius 3 is 1.94 bits per heavy atom. The van der Waals surface area contributed by atoms with Crippen LogP contribution < -0.4 is 4.46 Å². The molecule has 0 saturated heterocycles. The van der Waals surface area contributed by atoms with Crippen molar-refractivity contribution in [1.29, 1.82) is 0 Å². The fourth-order valence-corrected chi connectivity index (χ4v) is 7.23. The monoisotopic (exact) mass is 350 g/mol. The SMILES string of the molecule is Cc1ccc([Se](C)(C)OS(=O)(=O)C(F)(F)F)cc1. The van der Waals surface area contributed by atoms with E-state index in [0.29, 0.717) is 4.46 Å². The van der Waals surface area contributed by atoms with Crippen LogP contribution >= 0.6 is 0 Å². The van der Waals surface area contributed by atoms with Gasteiger partial charge in [-0.05, 0) is 0 Å². The summed E-state index contributed by atoms with van der Waals surface area (Å²) in [6, 6.07) is 6.61. The van der Waals surface area contributed by atoms with E-state index in [1.54, 1.807) is 24.3 Å². The van der Waals surface area contributed by atoms with Crippen molar-refractivity contribution in [3.63, 3.8) is 0 Å². The fraction of sp³-hybridized carbons (Fsp3) is 0.400. The predicted octanol–water partition coefficient (Wildman–Crippen LogP) is 2.27. The molecule has 0 spiro atoms. The Hall–Kier alpha value is -0.561. The third-order valence-corrected chi connectivity index (χ3v) is 9.44. The number of halogens is 3. The van der Waals surface area contributed by atoms with E-state index in [4.69, 9.17) is 0 Å². The molecule has 0 atom stereocenters. The summed E-state index contributed by atoms with van der Waals surface area (Å²) in [4.78, 5) is 0. The topological polar surface area (TPSA) is 43.4 Å². The van der Waals surface area contributed by atoms with E-state index < -0.39 is 28.8 Å². The van der Waals surface area contributed by atoms with E-state index in [9.17, 15) is 21.6 Å². The average molecular weight is 349 g/mol. The molecular weight excluding hydrogens is 336 g/mol. The summed E-state index contributed by atoms with van der Waals surface area (Å²) in [5.41, 5.74) is -4.45. The van der Waals surface area contributed by atoms with Crippen LogP contribution in [0.2, 0.25) is 11.6 Å². The van der Waals surface area contributed by atoms with E-state index in [0.717, 1.165) is 5.56 Å². The van der Waals surface area contributed by atoms with Gasteiger partial charge in [0.05, 0.1) is 0 Å². The van der Waals surface area contributed by atoms with Gasteiger partial charge in [0.1, 0.15) is 0 Å². The van der Waals surface area contributed by atoms with Gasteiger partial charge in [-0.3, -0.25) is 0 Å². The number of hydrogen-bond acceptors (Lipinski definition) is 3. The van der Waals surface area contributed by atoms with E-state index in [-0.39, 0.29) is 0 Å². The first-order valence-corrected chi connectivity index (χ1v) is 11.2. The summed E-state index contributed by atoms with van der Waals surface area (Å²) in [7, 11) is -5.54. The first-order valence-electron chi connectivity index (χ1n) is 4.78. The molecule has 0 saturated carbocycles. The van der Waals surface area contributed by atoms with Gasteiger partial charge in [0.15, 0.2) is 0 Å². The van der Waals surface area contributed by atoms with Crippen molar-refractivity contribution in [3.05, 3.63) is 29.8 Å². The van der Waals surface area contributed by atoms with Gasteiger partial charge in [-0.15, -0.1) is 0 Å². The van der Waals surface area contributed by atoms with Gasteiger partial charge >= 0.3 is 107 Å². The first-order chi connectivity index (χ1) is 7.96. The Kier molecular flexibility index (Phi) is 4.17. The van der Waals surface area contributed by atoms with E-state index in [1.165, 1.54) is 11.6 Å². The van der Waals surface area contributed by atoms with E-state index in [2.05, 4.69) is 3.27 Å². The van der Waals surface area contributed by atoms with Gasteiger partial charge < -0.3 is 0 Å². The molecule has 1 aromatic carbocycles. The zero-order chi connectivity index (χ0) is 14.2. The minimum atomic E-state index is -5.54. The van der Waals surface area contributed by atoms with Crippen molar-refractivity contribution >= 4 is 27.8 Å². The molecule has 0 unspecified atom stereocenters. The minimum absolute atomic E-state index is 0.504. The molecule has 3 nitrogen and oxygen atoms in total. The van der Waals surface area contributed by atoms with Crippen molar-refractivity contribution in [3.8, 4) is 0 Å². The Labute approximate surface area is 107 Å². The molecule has 0 amide bonds. The number of aryl methyl sites for hydroxylation is 1. The Balaban J connectivity index is 3.06. The van der Waals surface area contributed by atoms with Crippen LogP contribution in [0.15, 0.2) is 24.3 Å². The molecule has 1 aromatic rings. The van der Waals surface area contributed by atoms with Crippen LogP contribution in [-0.4, -0.2) is 27.1 Å². The molecule has 0 fully saturated rings.